The Kier molecular flexibility index (Phi) is 3.92. The van der Waals surface area contributed by atoms with Gasteiger partial charge >= 0.3 is 0 Å². The van der Waals surface area contributed by atoms with Crippen molar-refractivity contribution >= 4 is 11.6 Å². The number of nitrogens with zero attached hydrogens (tertiary/aromatic N) is 3. The number of anilines is 1. The van der Waals surface area contributed by atoms with E-state index in [-0.39, 0.29) is 12.3 Å². The van der Waals surface area contributed by atoms with Crippen LogP contribution < -0.4 is 10.5 Å². The molecule has 8 nitrogen and oxygen atoms in total. The number of aromatic nitrogens is 2. The quantitative estimate of drug-likeness (QED) is 0.789. The van der Waals surface area contributed by atoms with E-state index in [0.717, 1.165) is 11.8 Å². The van der Waals surface area contributed by atoms with Gasteiger partial charge in [0.15, 0.2) is 0 Å². The van der Waals surface area contributed by atoms with Gasteiger partial charge in [0.05, 0.1) is 12.2 Å². The summed E-state index contributed by atoms with van der Waals surface area (Å²) in [4.78, 5) is 30.8. The van der Waals surface area contributed by atoms with Gasteiger partial charge in [-0.2, -0.15) is 5.16 Å². The highest BCUT2D eigenvalue weighted by Crippen LogP contribution is 2.16. The topological polar surface area (TPSA) is 103 Å². The molecule has 8 heteroatoms. The van der Waals surface area contributed by atoms with Gasteiger partial charge in [-0.3, -0.25) is 14.6 Å². The van der Waals surface area contributed by atoms with E-state index < -0.39 is 17.6 Å². The molecule has 3 rings (SSSR count). The maximum absolute atomic E-state index is 12.3. The van der Waals surface area contributed by atoms with Crippen LogP contribution in [-0.4, -0.2) is 58.3 Å². The Labute approximate surface area is 125 Å². The molecule has 1 atom stereocenters. The van der Waals surface area contributed by atoms with Crippen molar-refractivity contribution in [1.82, 2.24) is 15.0 Å². The molecular weight excluding hydrogens is 288 g/mol. The summed E-state index contributed by atoms with van der Waals surface area (Å²) in [5.74, 6) is -0.455. The first-order valence-corrected chi connectivity index (χ1v) is 6.94. The fraction of sp³-hybridized carbons (Fsp3) is 0.357. The second-order valence-electron chi connectivity index (χ2n) is 5.13. The number of β-amino-alcohol motifs (C(OH)–C–C–N with tert-alkyl or cyclic N) is 1. The number of pyridine rings is 1. The number of aliphatic hydroxyl groups excluding tert-OH is 1. The summed E-state index contributed by atoms with van der Waals surface area (Å²) in [7, 11) is 0. The molecule has 2 N–H and O–H groups in total. The monoisotopic (exact) mass is 304 g/mol. The summed E-state index contributed by atoms with van der Waals surface area (Å²) < 4.78 is 4.83. The molecule has 0 saturated carbocycles. The molecule has 0 spiro atoms. The van der Waals surface area contributed by atoms with E-state index in [1.165, 1.54) is 4.90 Å². The first-order chi connectivity index (χ1) is 10.6. The molecule has 22 heavy (non-hydrogen) atoms. The van der Waals surface area contributed by atoms with Gasteiger partial charge in [-0.15, -0.1) is 0 Å². The van der Waals surface area contributed by atoms with E-state index in [9.17, 15) is 14.7 Å². The first kappa shape index (κ1) is 14.3. The van der Waals surface area contributed by atoms with E-state index in [0.29, 0.717) is 19.6 Å². The second-order valence-corrected chi connectivity index (χ2v) is 5.13. The van der Waals surface area contributed by atoms with Crippen molar-refractivity contribution in [3.8, 4) is 0 Å². The molecule has 1 unspecified atom stereocenters. The van der Waals surface area contributed by atoms with Gasteiger partial charge < -0.3 is 19.4 Å². The van der Waals surface area contributed by atoms with Gasteiger partial charge in [0.2, 0.25) is 5.76 Å². The van der Waals surface area contributed by atoms with Crippen LogP contribution in [0.25, 0.3) is 0 Å². The summed E-state index contributed by atoms with van der Waals surface area (Å²) in [6.07, 6.45) is 2.68. The minimum Gasteiger partial charge on any atom is -0.389 e. The lowest BCUT2D eigenvalue weighted by Gasteiger charge is -2.23. The molecule has 0 bridgehead atoms. The Morgan fingerprint density at radius 1 is 1.32 bits per heavy atom. The zero-order valence-electron chi connectivity index (χ0n) is 11.8. The number of carbonyl (C=O) groups excluding carboxylic acids is 1. The highest BCUT2D eigenvalue weighted by Gasteiger charge is 2.27. The van der Waals surface area contributed by atoms with E-state index in [2.05, 4.69) is 10.1 Å². The van der Waals surface area contributed by atoms with Crippen molar-refractivity contribution in [2.24, 2.45) is 0 Å². The van der Waals surface area contributed by atoms with Crippen molar-refractivity contribution in [3.63, 3.8) is 0 Å². The number of aliphatic hydroxyl groups is 1. The zero-order chi connectivity index (χ0) is 15.5. The summed E-state index contributed by atoms with van der Waals surface area (Å²) in [6.45, 7) is 1.61. The number of amides is 1. The number of nitrogens with one attached hydrogen (secondary N) is 1. The number of hydrogen-bond donors (Lipinski definition) is 2. The number of H-pyrrole nitrogens is 1. The van der Waals surface area contributed by atoms with Crippen molar-refractivity contribution in [2.75, 3.05) is 31.1 Å². The molecule has 1 aliphatic rings. The summed E-state index contributed by atoms with van der Waals surface area (Å²) in [6, 6.07) is 4.82. The van der Waals surface area contributed by atoms with E-state index in [4.69, 9.17) is 4.52 Å². The molecule has 1 aliphatic heterocycles. The first-order valence-electron chi connectivity index (χ1n) is 6.94. The average Bonchev–Trinajstić information content (AvgIpc) is 2.86. The summed E-state index contributed by atoms with van der Waals surface area (Å²) >= 11 is 0. The van der Waals surface area contributed by atoms with E-state index in [1.807, 2.05) is 17.0 Å². The number of aromatic amines is 1. The molecule has 0 aliphatic carbocycles. The summed E-state index contributed by atoms with van der Waals surface area (Å²) in [5.41, 5.74) is 0.480. The highest BCUT2D eigenvalue weighted by molar-refractivity contribution is 5.91. The molecule has 0 radical (unpaired) electrons. The van der Waals surface area contributed by atoms with Crippen LogP contribution in [0.3, 0.4) is 0 Å². The summed E-state index contributed by atoms with van der Waals surface area (Å²) in [5, 5.41) is 12.2. The van der Waals surface area contributed by atoms with Crippen molar-refractivity contribution in [3.05, 3.63) is 46.7 Å². The highest BCUT2D eigenvalue weighted by atomic mass is 16.5. The zero-order valence-corrected chi connectivity index (χ0v) is 11.8. The Hall–Kier alpha value is -2.61. The minimum absolute atomic E-state index is 0.0467. The molecular formula is C14H16N4O4. The SMILES string of the molecule is O=C(c1cc(=O)[nH]o1)N1CCN(c2ccncc2)CC(O)C1. The standard InChI is InChI=1S/C14H16N4O4/c19-11-8-17(10-1-3-15-4-2-10)5-6-18(9-11)14(21)12-7-13(20)16-22-12/h1-4,7,11,19H,5-6,8-9H2,(H,16,20). The van der Waals surface area contributed by atoms with Crippen LogP contribution in [0, 0.1) is 0 Å². The minimum atomic E-state index is -0.690. The van der Waals surface area contributed by atoms with Crippen LogP contribution in [0.15, 0.2) is 39.9 Å². The van der Waals surface area contributed by atoms with E-state index in [1.54, 1.807) is 12.4 Å². The molecule has 116 valence electrons. The number of carbonyl (C=O) groups is 1. The Balaban J connectivity index is 1.74. The Morgan fingerprint density at radius 2 is 2.09 bits per heavy atom. The van der Waals surface area contributed by atoms with Crippen LogP contribution in [-0.2, 0) is 0 Å². The molecule has 3 heterocycles. The second kappa shape index (κ2) is 6.02. The van der Waals surface area contributed by atoms with Crippen LogP contribution in [0.4, 0.5) is 5.69 Å². The third kappa shape index (κ3) is 3.01. The fourth-order valence-corrected chi connectivity index (χ4v) is 2.51. The predicted molar refractivity (Wildman–Crippen MR) is 77.7 cm³/mol. The smallest absolute Gasteiger partial charge is 0.292 e. The molecule has 0 aromatic carbocycles. The third-order valence-electron chi connectivity index (χ3n) is 3.55. The molecule has 1 amide bonds. The molecule has 2 aromatic rings. The number of hydrogen-bond acceptors (Lipinski definition) is 6. The molecule has 1 saturated heterocycles. The Bertz CT molecular complexity index is 696. The predicted octanol–water partition coefficient (Wildman–Crippen LogP) is -0.314. The maximum atomic E-state index is 12.3. The van der Waals surface area contributed by atoms with Gasteiger partial charge in [-0.05, 0) is 12.1 Å². The van der Waals surface area contributed by atoms with Crippen molar-refractivity contribution in [1.29, 1.82) is 0 Å². The average molecular weight is 304 g/mol. The molecule has 2 aromatic heterocycles. The Morgan fingerprint density at radius 3 is 2.77 bits per heavy atom. The van der Waals surface area contributed by atoms with Crippen molar-refractivity contribution in [2.45, 2.75) is 6.10 Å². The number of rotatable bonds is 2. The lowest BCUT2D eigenvalue weighted by atomic mass is 10.3. The fourth-order valence-electron chi connectivity index (χ4n) is 2.51. The lowest BCUT2D eigenvalue weighted by Crippen LogP contribution is -2.37. The van der Waals surface area contributed by atoms with Gasteiger partial charge in [0.25, 0.3) is 11.5 Å². The van der Waals surface area contributed by atoms with Gasteiger partial charge in [-0.1, -0.05) is 0 Å². The van der Waals surface area contributed by atoms with Gasteiger partial charge in [0.1, 0.15) is 0 Å². The molecule has 1 fully saturated rings. The van der Waals surface area contributed by atoms with Gasteiger partial charge in [-0.25, -0.2) is 0 Å². The van der Waals surface area contributed by atoms with Crippen LogP contribution in [0.5, 0.6) is 0 Å². The van der Waals surface area contributed by atoms with Crippen LogP contribution in [0.1, 0.15) is 10.6 Å². The largest absolute Gasteiger partial charge is 0.389 e. The third-order valence-corrected chi connectivity index (χ3v) is 3.55. The maximum Gasteiger partial charge on any atom is 0.292 e. The van der Waals surface area contributed by atoms with Crippen LogP contribution >= 0.6 is 0 Å². The van der Waals surface area contributed by atoms with Crippen molar-refractivity contribution < 1.29 is 14.4 Å². The van der Waals surface area contributed by atoms with Crippen LogP contribution in [0.2, 0.25) is 0 Å². The lowest BCUT2D eigenvalue weighted by molar-refractivity contribution is 0.0634. The van der Waals surface area contributed by atoms with E-state index >= 15 is 0 Å². The normalized spacial score (nSPS) is 19.0. The van der Waals surface area contributed by atoms with Gasteiger partial charge in [0, 0.05) is 44.3 Å².